The van der Waals surface area contributed by atoms with Crippen LogP contribution in [0.1, 0.15) is 20.3 Å². The minimum atomic E-state index is -0.907. The molecule has 3 amide bonds. The predicted octanol–water partition coefficient (Wildman–Crippen LogP) is 1.74. The Hall–Kier alpha value is -2.39. The lowest BCUT2D eigenvalue weighted by Crippen LogP contribution is -2.42. The molecule has 1 aromatic heterocycles. The SMILES string of the molecule is COCCCn1c(S[C@@H](C(=O)NC(N)=O)C(C)C)nc2ccccc2c1=O. The molecule has 0 aliphatic heterocycles. The van der Waals surface area contributed by atoms with E-state index in [1.54, 1.807) is 35.9 Å². The number of nitrogens with one attached hydrogen (secondary N) is 1. The molecular weight excluding hydrogens is 368 g/mol. The van der Waals surface area contributed by atoms with E-state index in [0.29, 0.717) is 35.6 Å². The van der Waals surface area contributed by atoms with Gasteiger partial charge in [-0.25, -0.2) is 9.78 Å². The molecule has 3 N–H and O–H groups in total. The van der Waals surface area contributed by atoms with Crippen LogP contribution in [0.3, 0.4) is 0 Å². The number of methoxy groups -OCH3 is 1. The van der Waals surface area contributed by atoms with Gasteiger partial charge in [-0.15, -0.1) is 0 Å². The number of carbonyl (C=O) groups excluding carboxylic acids is 2. The molecule has 9 heteroatoms. The van der Waals surface area contributed by atoms with Crippen molar-refractivity contribution in [3.05, 3.63) is 34.6 Å². The van der Waals surface area contributed by atoms with Gasteiger partial charge >= 0.3 is 6.03 Å². The number of hydrogen-bond donors (Lipinski definition) is 2. The summed E-state index contributed by atoms with van der Waals surface area (Å²) >= 11 is 1.15. The molecule has 0 bridgehead atoms. The number of thioether (sulfide) groups is 1. The standard InChI is InChI=1S/C18H24N4O4S/c1-11(2)14(15(23)21-17(19)25)27-18-20-13-8-5-4-7-12(13)16(24)22(18)9-6-10-26-3/h4-5,7-8,11,14H,6,9-10H2,1-3H3,(H3,19,21,23,25)/t14-/m1/s1. The van der Waals surface area contributed by atoms with Gasteiger partial charge in [0.2, 0.25) is 5.91 Å². The van der Waals surface area contributed by atoms with Gasteiger partial charge in [0.1, 0.15) is 0 Å². The Morgan fingerprint density at radius 2 is 2.04 bits per heavy atom. The number of carbonyl (C=O) groups is 2. The number of nitrogens with two attached hydrogens (primary N) is 1. The van der Waals surface area contributed by atoms with Crippen molar-refractivity contribution in [3.8, 4) is 0 Å². The van der Waals surface area contributed by atoms with Crippen LogP contribution in [0.4, 0.5) is 4.79 Å². The monoisotopic (exact) mass is 392 g/mol. The summed E-state index contributed by atoms with van der Waals surface area (Å²) < 4.78 is 6.63. The fraction of sp³-hybridized carbons (Fsp3) is 0.444. The number of fused-ring (bicyclic) bond motifs is 1. The molecule has 1 heterocycles. The van der Waals surface area contributed by atoms with Gasteiger partial charge in [0.25, 0.3) is 5.56 Å². The molecule has 1 atom stereocenters. The molecule has 0 spiro atoms. The van der Waals surface area contributed by atoms with E-state index < -0.39 is 17.2 Å². The number of para-hydroxylation sites is 1. The molecule has 0 aliphatic carbocycles. The number of aromatic nitrogens is 2. The van der Waals surface area contributed by atoms with E-state index in [2.05, 4.69) is 10.3 Å². The molecule has 0 aliphatic rings. The highest BCUT2D eigenvalue weighted by atomic mass is 32.2. The zero-order valence-corrected chi connectivity index (χ0v) is 16.4. The quantitative estimate of drug-likeness (QED) is 0.402. The van der Waals surface area contributed by atoms with Crippen LogP contribution in [0.25, 0.3) is 10.9 Å². The van der Waals surface area contributed by atoms with Crippen LogP contribution in [-0.4, -0.2) is 40.5 Å². The highest BCUT2D eigenvalue weighted by Gasteiger charge is 2.27. The second kappa shape index (κ2) is 9.52. The summed E-state index contributed by atoms with van der Waals surface area (Å²) in [7, 11) is 1.60. The number of benzene rings is 1. The first kappa shape index (κ1) is 20.9. The van der Waals surface area contributed by atoms with Gasteiger partial charge in [-0.05, 0) is 24.5 Å². The Balaban J connectivity index is 2.47. The second-order valence-electron chi connectivity index (χ2n) is 6.35. The van der Waals surface area contributed by atoms with Crippen molar-refractivity contribution in [1.82, 2.24) is 14.9 Å². The van der Waals surface area contributed by atoms with Gasteiger partial charge in [-0.2, -0.15) is 0 Å². The third-order valence-electron chi connectivity index (χ3n) is 3.90. The van der Waals surface area contributed by atoms with Crippen molar-refractivity contribution in [3.63, 3.8) is 0 Å². The molecular formula is C18H24N4O4S. The molecule has 1 aromatic carbocycles. The van der Waals surface area contributed by atoms with Gasteiger partial charge < -0.3 is 10.5 Å². The zero-order chi connectivity index (χ0) is 20.0. The van der Waals surface area contributed by atoms with Crippen LogP contribution in [0.15, 0.2) is 34.2 Å². The summed E-state index contributed by atoms with van der Waals surface area (Å²) in [4.78, 5) is 40.9. The number of primary amides is 1. The number of amides is 3. The molecule has 0 saturated carbocycles. The minimum absolute atomic E-state index is 0.106. The molecule has 2 aromatic rings. The van der Waals surface area contributed by atoms with Crippen LogP contribution in [-0.2, 0) is 16.1 Å². The van der Waals surface area contributed by atoms with E-state index >= 15 is 0 Å². The van der Waals surface area contributed by atoms with E-state index in [0.717, 1.165) is 11.8 Å². The Morgan fingerprint density at radius 1 is 1.33 bits per heavy atom. The zero-order valence-electron chi connectivity index (χ0n) is 15.6. The van der Waals surface area contributed by atoms with Crippen LogP contribution in [0, 0.1) is 5.92 Å². The smallest absolute Gasteiger partial charge is 0.318 e. The third-order valence-corrected chi connectivity index (χ3v) is 5.43. The van der Waals surface area contributed by atoms with Crippen molar-refractivity contribution in [2.45, 2.75) is 37.2 Å². The summed E-state index contributed by atoms with van der Waals surface area (Å²) in [5.41, 5.74) is 5.46. The summed E-state index contributed by atoms with van der Waals surface area (Å²) in [6.45, 7) is 4.62. The summed E-state index contributed by atoms with van der Waals surface area (Å²) in [6.07, 6.45) is 0.629. The van der Waals surface area contributed by atoms with Gasteiger partial charge in [-0.1, -0.05) is 37.7 Å². The average molecular weight is 392 g/mol. The molecule has 0 fully saturated rings. The fourth-order valence-electron chi connectivity index (χ4n) is 2.60. The Kier molecular flexibility index (Phi) is 7.37. The lowest BCUT2D eigenvalue weighted by Gasteiger charge is -2.20. The van der Waals surface area contributed by atoms with Crippen molar-refractivity contribution in [1.29, 1.82) is 0 Å². The highest BCUT2D eigenvalue weighted by molar-refractivity contribution is 8.00. The first-order valence-electron chi connectivity index (χ1n) is 8.60. The van der Waals surface area contributed by atoms with Gasteiger partial charge in [0.05, 0.1) is 16.2 Å². The molecule has 146 valence electrons. The third kappa shape index (κ3) is 5.30. The van der Waals surface area contributed by atoms with Gasteiger partial charge in [0, 0.05) is 20.3 Å². The van der Waals surface area contributed by atoms with E-state index in [4.69, 9.17) is 10.5 Å². The van der Waals surface area contributed by atoms with Crippen molar-refractivity contribution < 1.29 is 14.3 Å². The second-order valence-corrected chi connectivity index (χ2v) is 7.46. The summed E-state index contributed by atoms with van der Waals surface area (Å²) in [5.74, 6) is -0.613. The summed E-state index contributed by atoms with van der Waals surface area (Å²) in [5, 5.41) is 2.43. The number of imide groups is 1. The van der Waals surface area contributed by atoms with E-state index in [9.17, 15) is 14.4 Å². The van der Waals surface area contributed by atoms with Crippen molar-refractivity contribution in [2.75, 3.05) is 13.7 Å². The Labute approximate surface area is 161 Å². The minimum Gasteiger partial charge on any atom is -0.385 e. The van der Waals surface area contributed by atoms with Crippen molar-refractivity contribution in [2.24, 2.45) is 11.7 Å². The van der Waals surface area contributed by atoms with E-state index in [-0.39, 0.29) is 11.5 Å². The van der Waals surface area contributed by atoms with Crippen molar-refractivity contribution >= 4 is 34.6 Å². The topological polar surface area (TPSA) is 116 Å². The molecule has 0 radical (unpaired) electrons. The number of hydrogen-bond acceptors (Lipinski definition) is 6. The molecule has 8 nitrogen and oxygen atoms in total. The number of ether oxygens (including phenoxy) is 1. The maximum atomic E-state index is 12.9. The molecule has 27 heavy (non-hydrogen) atoms. The fourth-order valence-corrected chi connectivity index (χ4v) is 3.72. The summed E-state index contributed by atoms with van der Waals surface area (Å²) in [6, 6.07) is 6.17. The molecule has 0 saturated heterocycles. The lowest BCUT2D eigenvalue weighted by atomic mass is 10.1. The maximum Gasteiger partial charge on any atom is 0.318 e. The van der Waals surface area contributed by atoms with Crippen LogP contribution in [0.5, 0.6) is 0 Å². The van der Waals surface area contributed by atoms with Gasteiger partial charge in [0.15, 0.2) is 5.16 Å². The average Bonchev–Trinajstić information content (AvgIpc) is 2.61. The Bertz CT molecular complexity index is 881. The van der Waals surface area contributed by atoms with E-state index in [1.165, 1.54) is 0 Å². The first-order valence-corrected chi connectivity index (χ1v) is 9.48. The number of urea groups is 1. The maximum absolute atomic E-state index is 12.9. The first-order chi connectivity index (χ1) is 12.8. The van der Waals surface area contributed by atoms with Crippen LogP contribution >= 0.6 is 11.8 Å². The lowest BCUT2D eigenvalue weighted by molar-refractivity contribution is -0.120. The predicted molar refractivity (Wildman–Crippen MR) is 105 cm³/mol. The van der Waals surface area contributed by atoms with Gasteiger partial charge in [-0.3, -0.25) is 19.5 Å². The number of rotatable bonds is 8. The Morgan fingerprint density at radius 3 is 2.67 bits per heavy atom. The normalized spacial score (nSPS) is 12.3. The van der Waals surface area contributed by atoms with E-state index in [1.807, 2.05) is 13.8 Å². The highest BCUT2D eigenvalue weighted by Crippen LogP contribution is 2.27. The molecule has 2 rings (SSSR count). The number of nitrogens with zero attached hydrogens (tertiary/aromatic N) is 2. The largest absolute Gasteiger partial charge is 0.385 e. The van der Waals surface area contributed by atoms with Crippen LogP contribution < -0.4 is 16.6 Å². The molecule has 0 unspecified atom stereocenters. The van der Waals surface area contributed by atoms with Crippen LogP contribution in [0.2, 0.25) is 0 Å².